The van der Waals surface area contributed by atoms with E-state index >= 15 is 0 Å². The van der Waals surface area contributed by atoms with Gasteiger partial charge in [0.2, 0.25) is 5.91 Å². The quantitative estimate of drug-likeness (QED) is 0.436. The predicted octanol–water partition coefficient (Wildman–Crippen LogP) is 4.96. The summed E-state index contributed by atoms with van der Waals surface area (Å²) in [6, 6.07) is 11.9. The van der Waals surface area contributed by atoms with Crippen molar-refractivity contribution >= 4 is 35.0 Å². The number of aromatic nitrogens is 3. The van der Waals surface area contributed by atoms with Gasteiger partial charge in [0, 0.05) is 22.8 Å². The molecule has 0 unspecified atom stereocenters. The SMILES string of the molecule is C=CCn1c(SCC(=O)Nc2ccc(C)c(F)c2)nnc1-c1cccc(Cl)c1. The van der Waals surface area contributed by atoms with Gasteiger partial charge in [0.05, 0.1) is 5.75 Å². The van der Waals surface area contributed by atoms with Gasteiger partial charge in [-0.15, -0.1) is 16.8 Å². The average Bonchev–Trinajstić information content (AvgIpc) is 3.06. The van der Waals surface area contributed by atoms with Crippen molar-refractivity contribution in [2.24, 2.45) is 0 Å². The van der Waals surface area contributed by atoms with Crippen LogP contribution in [0, 0.1) is 12.7 Å². The van der Waals surface area contributed by atoms with E-state index in [0.29, 0.717) is 33.8 Å². The normalized spacial score (nSPS) is 10.7. The number of nitrogens with zero attached hydrogens (tertiary/aromatic N) is 3. The van der Waals surface area contributed by atoms with Crippen molar-refractivity contribution in [2.75, 3.05) is 11.1 Å². The van der Waals surface area contributed by atoms with Crippen LogP contribution in [0.15, 0.2) is 60.3 Å². The largest absolute Gasteiger partial charge is 0.325 e. The first-order valence-electron chi connectivity index (χ1n) is 8.46. The van der Waals surface area contributed by atoms with E-state index in [1.165, 1.54) is 17.8 Å². The maximum Gasteiger partial charge on any atom is 0.234 e. The molecule has 0 aliphatic carbocycles. The zero-order valence-electron chi connectivity index (χ0n) is 15.2. The Bertz CT molecular complexity index is 1020. The zero-order valence-corrected chi connectivity index (χ0v) is 16.7. The van der Waals surface area contributed by atoms with E-state index in [9.17, 15) is 9.18 Å². The fraction of sp³-hybridized carbons (Fsp3) is 0.150. The van der Waals surface area contributed by atoms with Crippen molar-refractivity contribution in [1.29, 1.82) is 0 Å². The number of aryl methyl sites for hydroxylation is 1. The van der Waals surface area contributed by atoms with Crippen LogP contribution in [0.5, 0.6) is 0 Å². The second-order valence-electron chi connectivity index (χ2n) is 6.02. The van der Waals surface area contributed by atoms with Gasteiger partial charge in [0.1, 0.15) is 5.82 Å². The number of carbonyl (C=O) groups excluding carboxylic acids is 1. The van der Waals surface area contributed by atoms with Gasteiger partial charge in [-0.05, 0) is 36.8 Å². The predicted molar refractivity (Wildman–Crippen MR) is 111 cm³/mol. The lowest BCUT2D eigenvalue weighted by Gasteiger charge is -2.09. The summed E-state index contributed by atoms with van der Waals surface area (Å²) in [4.78, 5) is 12.2. The Kier molecular flexibility index (Phi) is 6.49. The summed E-state index contributed by atoms with van der Waals surface area (Å²) in [7, 11) is 0. The van der Waals surface area contributed by atoms with Crippen LogP contribution < -0.4 is 5.32 Å². The Morgan fingerprint density at radius 3 is 2.86 bits per heavy atom. The molecule has 144 valence electrons. The molecule has 0 radical (unpaired) electrons. The first kappa shape index (κ1) is 20.1. The minimum Gasteiger partial charge on any atom is -0.325 e. The van der Waals surface area contributed by atoms with Crippen molar-refractivity contribution in [2.45, 2.75) is 18.6 Å². The number of halogens is 2. The fourth-order valence-electron chi connectivity index (χ4n) is 2.53. The molecule has 2 aromatic carbocycles. The molecular formula is C20H18ClFN4OS. The minimum atomic E-state index is -0.359. The molecule has 3 aromatic rings. The van der Waals surface area contributed by atoms with E-state index in [-0.39, 0.29) is 17.5 Å². The Labute approximate surface area is 171 Å². The number of anilines is 1. The molecule has 0 spiro atoms. The lowest BCUT2D eigenvalue weighted by atomic mass is 10.2. The number of benzene rings is 2. The maximum absolute atomic E-state index is 13.6. The average molecular weight is 417 g/mol. The fourth-order valence-corrected chi connectivity index (χ4v) is 3.47. The summed E-state index contributed by atoms with van der Waals surface area (Å²) in [5.74, 6) is 0.138. The highest BCUT2D eigenvalue weighted by molar-refractivity contribution is 7.99. The van der Waals surface area contributed by atoms with Crippen LogP contribution in [0.3, 0.4) is 0 Å². The van der Waals surface area contributed by atoms with Gasteiger partial charge in [-0.1, -0.05) is 47.6 Å². The summed E-state index contributed by atoms with van der Waals surface area (Å²) in [5.41, 5.74) is 1.77. The van der Waals surface area contributed by atoms with Gasteiger partial charge in [-0.2, -0.15) is 0 Å². The lowest BCUT2D eigenvalue weighted by Crippen LogP contribution is -2.15. The van der Waals surface area contributed by atoms with Crippen LogP contribution in [0.2, 0.25) is 5.02 Å². The van der Waals surface area contributed by atoms with Crippen LogP contribution >= 0.6 is 23.4 Å². The van der Waals surface area contributed by atoms with E-state index in [1.807, 2.05) is 16.7 Å². The third-order valence-electron chi connectivity index (χ3n) is 3.90. The molecule has 5 nitrogen and oxygen atoms in total. The number of rotatable bonds is 7. The van der Waals surface area contributed by atoms with E-state index in [0.717, 1.165) is 5.56 Å². The number of amides is 1. The van der Waals surface area contributed by atoms with Crippen molar-refractivity contribution < 1.29 is 9.18 Å². The molecule has 3 rings (SSSR count). The molecule has 1 amide bonds. The Morgan fingerprint density at radius 1 is 1.32 bits per heavy atom. The van der Waals surface area contributed by atoms with Crippen LogP contribution in [0.4, 0.5) is 10.1 Å². The van der Waals surface area contributed by atoms with Crippen molar-refractivity contribution in [3.63, 3.8) is 0 Å². The standard InChI is InChI=1S/C20H18ClFN4OS/c1-3-9-26-19(14-5-4-6-15(21)10-14)24-25-20(26)28-12-18(27)23-16-8-7-13(2)17(22)11-16/h3-8,10-11H,1,9,12H2,2H3,(H,23,27). The summed E-state index contributed by atoms with van der Waals surface area (Å²) in [5, 5.41) is 12.3. The third-order valence-corrected chi connectivity index (χ3v) is 5.10. The Morgan fingerprint density at radius 2 is 2.14 bits per heavy atom. The van der Waals surface area contributed by atoms with Gasteiger partial charge in [0.25, 0.3) is 0 Å². The highest BCUT2D eigenvalue weighted by atomic mass is 35.5. The number of carbonyl (C=O) groups is 1. The molecule has 0 atom stereocenters. The lowest BCUT2D eigenvalue weighted by molar-refractivity contribution is -0.113. The molecule has 28 heavy (non-hydrogen) atoms. The van der Waals surface area contributed by atoms with Crippen LogP contribution in [-0.4, -0.2) is 26.4 Å². The molecular weight excluding hydrogens is 399 g/mol. The molecule has 0 aliphatic rings. The van der Waals surface area contributed by atoms with E-state index in [1.54, 1.807) is 37.3 Å². The smallest absolute Gasteiger partial charge is 0.234 e. The number of thioether (sulfide) groups is 1. The number of hydrogen-bond donors (Lipinski definition) is 1. The zero-order chi connectivity index (χ0) is 20.1. The number of nitrogens with one attached hydrogen (secondary N) is 1. The van der Waals surface area contributed by atoms with Crippen LogP contribution in [0.25, 0.3) is 11.4 Å². The number of allylic oxidation sites excluding steroid dienone is 1. The van der Waals surface area contributed by atoms with E-state index in [2.05, 4.69) is 22.1 Å². The highest BCUT2D eigenvalue weighted by Gasteiger charge is 2.15. The second-order valence-corrected chi connectivity index (χ2v) is 7.40. The van der Waals surface area contributed by atoms with Crippen molar-refractivity contribution in [3.8, 4) is 11.4 Å². The van der Waals surface area contributed by atoms with Gasteiger partial charge in [0.15, 0.2) is 11.0 Å². The molecule has 0 fully saturated rings. The summed E-state index contributed by atoms with van der Waals surface area (Å²) in [6.07, 6.45) is 1.73. The molecule has 0 aliphatic heterocycles. The summed E-state index contributed by atoms with van der Waals surface area (Å²) < 4.78 is 15.5. The van der Waals surface area contributed by atoms with Gasteiger partial charge in [-0.3, -0.25) is 9.36 Å². The summed E-state index contributed by atoms with van der Waals surface area (Å²) in [6.45, 7) is 5.92. The Balaban J connectivity index is 1.72. The molecule has 1 aromatic heterocycles. The van der Waals surface area contributed by atoms with Crippen LogP contribution in [0.1, 0.15) is 5.56 Å². The first-order chi connectivity index (χ1) is 13.5. The van der Waals surface area contributed by atoms with E-state index in [4.69, 9.17) is 11.6 Å². The molecule has 0 saturated carbocycles. The van der Waals surface area contributed by atoms with Gasteiger partial charge >= 0.3 is 0 Å². The number of hydrogen-bond acceptors (Lipinski definition) is 4. The van der Waals surface area contributed by atoms with Crippen molar-refractivity contribution in [3.05, 3.63) is 71.5 Å². The monoisotopic (exact) mass is 416 g/mol. The molecule has 8 heteroatoms. The topological polar surface area (TPSA) is 59.8 Å². The van der Waals surface area contributed by atoms with Crippen molar-refractivity contribution in [1.82, 2.24) is 14.8 Å². The van der Waals surface area contributed by atoms with Crippen LogP contribution in [-0.2, 0) is 11.3 Å². The van der Waals surface area contributed by atoms with E-state index < -0.39 is 0 Å². The third kappa shape index (κ3) is 4.79. The summed E-state index contributed by atoms with van der Waals surface area (Å²) >= 11 is 7.31. The molecule has 1 N–H and O–H groups in total. The highest BCUT2D eigenvalue weighted by Crippen LogP contribution is 2.26. The first-order valence-corrected chi connectivity index (χ1v) is 9.83. The van der Waals surface area contributed by atoms with Gasteiger partial charge < -0.3 is 5.32 Å². The Hall–Kier alpha value is -2.64. The minimum absolute atomic E-state index is 0.111. The molecule has 1 heterocycles. The molecule has 0 saturated heterocycles. The second kappa shape index (κ2) is 9.03. The maximum atomic E-state index is 13.6. The van der Waals surface area contributed by atoms with Gasteiger partial charge in [-0.25, -0.2) is 4.39 Å². The molecule has 0 bridgehead atoms.